The second-order valence-corrected chi connectivity index (χ2v) is 9.64. The van der Waals surface area contributed by atoms with E-state index < -0.39 is 6.36 Å². The second-order valence-electron chi connectivity index (χ2n) is 9.27. The van der Waals surface area contributed by atoms with Crippen LogP contribution < -0.4 is 14.2 Å². The fraction of sp³-hybridized carbons (Fsp3) is 0.188. The first-order chi connectivity index (χ1) is 19.3. The molecule has 1 heterocycles. The molecule has 5 rings (SSSR count). The number of ether oxygens (including phenoxy) is 3. The van der Waals surface area contributed by atoms with E-state index in [1.54, 1.807) is 12.1 Å². The molecule has 0 radical (unpaired) electrons. The molecule has 4 nitrogen and oxygen atoms in total. The molecule has 0 aliphatic rings. The van der Waals surface area contributed by atoms with Crippen LogP contribution in [-0.4, -0.2) is 23.4 Å². The van der Waals surface area contributed by atoms with Crippen molar-refractivity contribution in [3.8, 4) is 28.5 Å². The Hall–Kier alpha value is -4.10. The Morgan fingerprint density at radius 3 is 2.10 bits per heavy atom. The maximum absolute atomic E-state index is 12.7. The Balaban J connectivity index is 1.51. The molecule has 4 aromatic carbocycles. The standard InChI is InChI=1S/C32H27ClF3NO3/c1-22-29-19-28(39-21-24-5-3-2-4-6-24)15-16-30(29)37(20-23-7-11-26(12-8-23)38-18-17-33)31(22)25-9-13-27(14-10-25)40-32(34,35)36/h2-16,19H,17-18,20-21H2,1H3. The lowest BCUT2D eigenvalue weighted by Crippen LogP contribution is -2.16. The summed E-state index contributed by atoms with van der Waals surface area (Å²) in [4.78, 5) is 0. The van der Waals surface area contributed by atoms with Gasteiger partial charge in [-0.1, -0.05) is 42.5 Å². The number of alkyl halides is 4. The summed E-state index contributed by atoms with van der Waals surface area (Å²) in [6.45, 7) is 3.42. The number of fused-ring (bicyclic) bond motifs is 1. The van der Waals surface area contributed by atoms with Crippen LogP contribution in [0.15, 0.2) is 97.1 Å². The van der Waals surface area contributed by atoms with Gasteiger partial charge >= 0.3 is 6.36 Å². The summed E-state index contributed by atoms with van der Waals surface area (Å²) in [6, 6.07) is 29.7. The zero-order valence-electron chi connectivity index (χ0n) is 21.7. The first-order valence-electron chi connectivity index (χ1n) is 12.7. The van der Waals surface area contributed by atoms with Crippen molar-refractivity contribution in [1.82, 2.24) is 4.57 Å². The van der Waals surface area contributed by atoms with Crippen molar-refractivity contribution in [2.24, 2.45) is 0 Å². The maximum Gasteiger partial charge on any atom is 0.573 e. The van der Waals surface area contributed by atoms with Crippen molar-refractivity contribution in [1.29, 1.82) is 0 Å². The van der Waals surface area contributed by atoms with Crippen molar-refractivity contribution >= 4 is 22.5 Å². The summed E-state index contributed by atoms with van der Waals surface area (Å²) >= 11 is 5.73. The van der Waals surface area contributed by atoms with Crippen LogP contribution in [-0.2, 0) is 13.2 Å². The molecule has 0 saturated carbocycles. The van der Waals surface area contributed by atoms with Crippen molar-refractivity contribution in [2.45, 2.75) is 26.4 Å². The highest BCUT2D eigenvalue weighted by Gasteiger charge is 2.31. The summed E-state index contributed by atoms with van der Waals surface area (Å²) in [5.41, 5.74) is 5.76. The van der Waals surface area contributed by atoms with E-state index in [0.29, 0.717) is 25.6 Å². The molecule has 5 aromatic rings. The van der Waals surface area contributed by atoms with Crippen LogP contribution in [0.2, 0.25) is 0 Å². The second kappa shape index (κ2) is 12.0. The molecule has 0 amide bonds. The third-order valence-electron chi connectivity index (χ3n) is 6.51. The fourth-order valence-electron chi connectivity index (χ4n) is 4.71. The Morgan fingerprint density at radius 2 is 1.43 bits per heavy atom. The van der Waals surface area contributed by atoms with Gasteiger partial charge in [0.1, 0.15) is 30.5 Å². The van der Waals surface area contributed by atoms with Crippen LogP contribution in [0.1, 0.15) is 16.7 Å². The molecule has 0 spiro atoms. The average molecular weight is 566 g/mol. The Morgan fingerprint density at radius 1 is 0.750 bits per heavy atom. The van der Waals surface area contributed by atoms with Gasteiger partial charge in [0.2, 0.25) is 0 Å². The Labute approximate surface area is 235 Å². The predicted molar refractivity (Wildman–Crippen MR) is 151 cm³/mol. The lowest BCUT2D eigenvalue weighted by molar-refractivity contribution is -0.274. The van der Waals surface area contributed by atoms with E-state index in [-0.39, 0.29) is 5.75 Å². The molecule has 206 valence electrons. The molecule has 1 aromatic heterocycles. The SMILES string of the molecule is Cc1c(-c2ccc(OC(F)(F)F)cc2)n(Cc2ccc(OCCCl)cc2)c2ccc(OCc3ccccc3)cc12. The number of benzene rings is 4. The molecule has 0 atom stereocenters. The molecule has 0 aliphatic carbocycles. The van der Waals surface area contributed by atoms with Crippen molar-refractivity contribution in [3.05, 3.63) is 114 Å². The average Bonchev–Trinajstić information content (AvgIpc) is 3.22. The molecular formula is C32H27ClF3NO3. The normalized spacial score (nSPS) is 11.5. The topological polar surface area (TPSA) is 32.6 Å². The molecule has 0 fully saturated rings. The van der Waals surface area contributed by atoms with E-state index in [0.717, 1.165) is 50.3 Å². The predicted octanol–water partition coefficient (Wildman–Crippen LogP) is 8.76. The summed E-state index contributed by atoms with van der Waals surface area (Å²) in [5, 5.41) is 0.998. The van der Waals surface area contributed by atoms with Crippen LogP contribution in [0.25, 0.3) is 22.2 Å². The molecule has 40 heavy (non-hydrogen) atoms. The summed E-state index contributed by atoms with van der Waals surface area (Å²) in [7, 11) is 0. The number of aromatic nitrogens is 1. The van der Waals surface area contributed by atoms with Gasteiger partial charge < -0.3 is 18.8 Å². The van der Waals surface area contributed by atoms with E-state index >= 15 is 0 Å². The van der Waals surface area contributed by atoms with Gasteiger partial charge in [0, 0.05) is 17.4 Å². The van der Waals surface area contributed by atoms with Gasteiger partial charge in [0.15, 0.2) is 0 Å². The van der Waals surface area contributed by atoms with Crippen LogP contribution in [0.5, 0.6) is 17.2 Å². The van der Waals surface area contributed by atoms with Crippen LogP contribution >= 0.6 is 11.6 Å². The maximum atomic E-state index is 12.7. The highest BCUT2D eigenvalue weighted by Crippen LogP contribution is 2.37. The molecule has 0 N–H and O–H groups in total. The van der Waals surface area contributed by atoms with Gasteiger partial charge in [-0.15, -0.1) is 24.8 Å². The fourth-order valence-corrected chi connectivity index (χ4v) is 4.79. The van der Waals surface area contributed by atoms with E-state index in [2.05, 4.69) is 9.30 Å². The first-order valence-corrected chi connectivity index (χ1v) is 13.3. The Kier molecular flexibility index (Phi) is 8.21. The molecule has 0 aliphatic heterocycles. The van der Waals surface area contributed by atoms with Crippen LogP contribution in [0.3, 0.4) is 0 Å². The minimum absolute atomic E-state index is 0.263. The number of aryl methyl sites for hydroxylation is 1. The Bertz CT molecular complexity index is 1560. The highest BCUT2D eigenvalue weighted by molar-refractivity contribution is 6.18. The molecular weight excluding hydrogens is 539 g/mol. The summed E-state index contributed by atoms with van der Waals surface area (Å²) < 4.78 is 56.1. The van der Waals surface area contributed by atoms with Crippen molar-refractivity contribution < 1.29 is 27.4 Å². The van der Waals surface area contributed by atoms with E-state index in [1.807, 2.05) is 79.7 Å². The van der Waals surface area contributed by atoms with Gasteiger partial charge in [0.25, 0.3) is 0 Å². The zero-order valence-corrected chi connectivity index (χ0v) is 22.5. The monoisotopic (exact) mass is 565 g/mol. The third-order valence-corrected chi connectivity index (χ3v) is 6.66. The minimum Gasteiger partial charge on any atom is -0.492 e. The quantitative estimate of drug-likeness (QED) is 0.159. The van der Waals surface area contributed by atoms with E-state index in [4.69, 9.17) is 21.1 Å². The lowest BCUT2D eigenvalue weighted by Gasteiger charge is -2.14. The minimum atomic E-state index is -4.75. The number of hydrogen-bond donors (Lipinski definition) is 0. The van der Waals surface area contributed by atoms with Crippen LogP contribution in [0, 0.1) is 6.92 Å². The summed E-state index contributed by atoms with van der Waals surface area (Å²) in [6.07, 6.45) is -4.75. The zero-order chi connectivity index (χ0) is 28.1. The van der Waals surface area contributed by atoms with E-state index in [1.165, 1.54) is 12.1 Å². The van der Waals surface area contributed by atoms with Gasteiger partial charge in [0.05, 0.1) is 11.6 Å². The summed E-state index contributed by atoms with van der Waals surface area (Å²) in [5.74, 6) is 1.61. The van der Waals surface area contributed by atoms with Crippen molar-refractivity contribution in [2.75, 3.05) is 12.5 Å². The van der Waals surface area contributed by atoms with Crippen molar-refractivity contribution in [3.63, 3.8) is 0 Å². The van der Waals surface area contributed by atoms with E-state index in [9.17, 15) is 13.2 Å². The molecule has 0 unspecified atom stereocenters. The number of halogens is 4. The number of nitrogens with zero attached hydrogens (tertiary/aromatic N) is 1. The first kappa shape index (κ1) is 27.5. The highest BCUT2D eigenvalue weighted by atomic mass is 35.5. The smallest absolute Gasteiger partial charge is 0.492 e. The van der Waals surface area contributed by atoms with Gasteiger partial charge in [-0.2, -0.15) is 0 Å². The van der Waals surface area contributed by atoms with Gasteiger partial charge in [-0.05, 0) is 83.8 Å². The van der Waals surface area contributed by atoms with Gasteiger partial charge in [-0.3, -0.25) is 0 Å². The molecule has 8 heteroatoms. The number of hydrogen-bond acceptors (Lipinski definition) is 3. The molecule has 0 bridgehead atoms. The largest absolute Gasteiger partial charge is 0.573 e. The third kappa shape index (κ3) is 6.54. The van der Waals surface area contributed by atoms with Gasteiger partial charge in [-0.25, -0.2) is 0 Å². The molecule has 0 saturated heterocycles. The van der Waals surface area contributed by atoms with Crippen LogP contribution in [0.4, 0.5) is 13.2 Å². The lowest BCUT2D eigenvalue weighted by atomic mass is 10.1. The number of rotatable bonds is 10.